The molecule has 2 aromatic rings. The second-order valence-electron chi connectivity index (χ2n) is 5.23. The van der Waals surface area contributed by atoms with Gasteiger partial charge in [0, 0.05) is 17.1 Å². The Balaban J connectivity index is 2.04. The van der Waals surface area contributed by atoms with E-state index in [9.17, 15) is 14.4 Å². The van der Waals surface area contributed by atoms with Gasteiger partial charge in [0.25, 0.3) is 11.8 Å². The van der Waals surface area contributed by atoms with Crippen molar-refractivity contribution in [2.75, 3.05) is 7.11 Å². The Labute approximate surface area is 137 Å². The van der Waals surface area contributed by atoms with Crippen molar-refractivity contribution in [2.24, 2.45) is 0 Å². The summed E-state index contributed by atoms with van der Waals surface area (Å²) in [4.78, 5) is 34.9. The molecule has 2 N–H and O–H groups in total. The molecule has 1 fully saturated rings. The highest BCUT2D eigenvalue weighted by Gasteiger charge is 2.28. The second-order valence-corrected chi connectivity index (χ2v) is 5.23. The van der Waals surface area contributed by atoms with Crippen molar-refractivity contribution in [1.29, 1.82) is 0 Å². The number of benzene rings is 1. The smallest absolute Gasteiger partial charge is 0.328 e. The Hall–Kier alpha value is -3.35. The van der Waals surface area contributed by atoms with Gasteiger partial charge in [-0.25, -0.2) is 4.79 Å². The highest BCUT2D eigenvalue weighted by atomic mass is 16.5. The van der Waals surface area contributed by atoms with Gasteiger partial charge >= 0.3 is 6.03 Å². The molecule has 2 heterocycles. The average Bonchev–Trinajstić information content (AvgIpc) is 2.91. The Bertz CT molecular complexity index is 840. The molecule has 0 bridgehead atoms. The third kappa shape index (κ3) is 2.79. The fourth-order valence-corrected chi connectivity index (χ4v) is 2.51. The van der Waals surface area contributed by atoms with E-state index in [2.05, 4.69) is 10.6 Å². The van der Waals surface area contributed by atoms with Crippen LogP contribution >= 0.6 is 0 Å². The van der Waals surface area contributed by atoms with Gasteiger partial charge in [-0.1, -0.05) is 0 Å². The van der Waals surface area contributed by atoms with E-state index in [-0.39, 0.29) is 5.57 Å². The number of imide groups is 2. The van der Waals surface area contributed by atoms with Gasteiger partial charge in [0.2, 0.25) is 0 Å². The molecule has 0 saturated carbocycles. The third-order valence-corrected chi connectivity index (χ3v) is 3.67. The maximum absolute atomic E-state index is 11.9. The Kier molecular flexibility index (Phi) is 3.91. The molecule has 1 aromatic heterocycles. The van der Waals surface area contributed by atoms with Crippen molar-refractivity contribution >= 4 is 23.9 Å². The van der Waals surface area contributed by atoms with Gasteiger partial charge in [-0.05, 0) is 49.4 Å². The predicted molar refractivity (Wildman–Crippen MR) is 86.7 cm³/mol. The largest absolute Gasteiger partial charge is 0.497 e. The van der Waals surface area contributed by atoms with E-state index in [4.69, 9.17) is 4.74 Å². The Morgan fingerprint density at radius 2 is 1.58 bits per heavy atom. The maximum Gasteiger partial charge on any atom is 0.328 e. The SMILES string of the molecule is COc1ccc(-n2c(C)ccc2C=C2C(=O)NC(=O)NC2=O)cc1. The molecule has 1 aliphatic rings. The number of nitrogens with zero attached hydrogens (tertiary/aromatic N) is 1. The highest BCUT2D eigenvalue weighted by molar-refractivity contribution is 6.31. The lowest BCUT2D eigenvalue weighted by Crippen LogP contribution is -2.51. The zero-order chi connectivity index (χ0) is 17.3. The van der Waals surface area contributed by atoms with Crippen molar-refractivity contribution in [3.05, 3.63) is 53.4 Å². The number of nitrogens with one attached hydrogen (secondary N) is 2. The summed E-state index contributed by atoms with van der Waals surface area (Å²) in [5, 5.41) is 4.11. The van der Waals surface area contributed by atoms with Crippen LogP contribution in [0.5, 0.6) is 5.75 Å². The second kappa shape index (κ2) is 6.04. The normalized spacial score (nSPS) is 14.2. The summed E-state index contributed by atoms with van der Waals surface area (Å²) >= 11 is 0. The molecule has 0 aliphatic carbocycles. The number of aromatic nitrogens is 1. The first-order chi connectivity index (χ1) is 11.5. The first kappa shape index (κ1) is 15.5. The number of carbonyl (C=O) groups is 3. The molecule has 1 aliphatic heterocycles. The van der Waals surface area contributed by atoms with Gasteiger partial charge < -0.3 is 9.30 Å². The molecule has 3 rings (SSSR count). The number of amides is 4. The van der Waals surface area contributed by atoms with E-state index >= 15 is 0 Å². The summed E-state index contributed by atoms with van der Waals surface area (Å²) in [6, 6.07) is 10.2. The number of carbonyl (C=O) groups excluding carboxylic acids is 3. The van der Waals surface area contributed by atoms with E-state index in [0.717, 1.165) is 17.1 Å². The minimum atomic E-state index is -0.816. The van der Waals surface area contributed by atoms with E-state index in [0.29, 0.717) is 5.69 Å². The van der Waals surface area contributed by atoms with Crippen molar-refractivity contribution in [1.82, 2.24) is 15.2 Å². The van der Waals surface area contributed by atoms with E-state index in [1.807, 2.05) is 41.8 Å². The molecule has 0 unspecified atom stereocenters. The molecule has 1 aromatic carbocycles. The molecule has 7 nitrogen and oxygen atoms in total. The van der Waals surface area contributed by atoms with Crippen LogP contribution in [0, 0.1) is 6.92 Å². The van der Waals surface area contributed by atoms with Crippen LogP contribution in [-0.4, -0.2) is 29.5 Å². The number of barbiturate groups is 1. The number of methoxy groups -OCH3 is 1. The Morgan fingerprint density at radius 1 is 0.958 bits per heavy atom. The van der Waals surface area contributed by atoms with E-state index < -0.39 is 17.8 Å². The molecule has 7 heteroatoms. The quantitative estimate of drug-likeness (QED) is 0.662. The highest BCUT2D eigenvalue weighted by Crippen LogP contribution is 2.22. The predicted octanol–water partition coefficient (Wildman–Crippen LogP) is 1.54. The summed E-state index contributed by atoms with van der Waals surface area (Å²) < 4.78 is 7.04. The van der Waals surface area contributed by atoms with Crippen molar-refractivity contribution in [3.63, 3.8) is 0 Å². The average molecular weight is 325 g/mol. The standard InChI is InChI=1S/C17H15N3O4/c1-10-3-4-12(9-14-15(21)18-17(23)19-16(14)22)20(10)11-5-7-13(24-2)8-6-11/h3-9H,1-2H3,(H2,18,19,21,22,23). The monoisotopic (exact) mass is 325 g/mol. The fourth-order valence-electron chi connectivity index (χ4n) is 2.51. The lowest BCUT2D eigenvalue weighted by Gasteiger charge is -2.15. The molecule has 0 spiro atoms. The zero-order valence-electron chi connectivity index (χ0n) is 13.1. The minimum absolute atomic E-state index is 0.123. The summed E-state index contributed by atoms with van der Waals surface area (Å²) in [5.41, 5.74) is 2.31. The number of aryl methyl sites for hydroxylation is 1. The van der Waals surface area contributed by atoms with Crippen LogP contribution in [0.4, 0.5) is 4.79 Å². The maximum atomic E-state index is 11.9. The number of hydrogen-bond donors (Lipinski definition) is 2. The number of rotatable bonds is 3. The van der Waals surface area contributed by atoms with Crippen molar-refractivity contribution < 1.29 is 19.1 Å². The van der Waals surface area contributed by atoms with E-state index in [1.165, 1.54) is 6.08 Å². The van der Waals surface area contributed by atoms with Crippen LogP contribution in [0.25, 0.3) is 11.8 Å². The van der Waals surface area contributed by atoms with Gasteiger partial charge in [-0.15, -0.1) is 0 Å². The van der Waals surface area contributed by atoms with Crippen molar-refractivity contribution in [3.8, 4) is 11.4 Å². The lowest BCUT2D eigenvalue weighted by molar-refractivity contribution is -0.123. The molecular formula is C17H15N3O4. The van der Waals surface area contributed by atoms with Gasteiger partial charge in [0.05, 0.1) is 7.11 Å². The fraction of sp³-hybridized carbons (Fsp3) is 0.118. The van der Waals surface area contributed by atoms with Crippen LogP contribution < -0.4 is 15.4 Å². The molecule has 4 amide bonds. The lowest BCUT2D eigenvalue weighted by atomic mass is 10.1. The summed E-state index contributed by atoms with van der Waals surface area (Å²) in [6.45, 7) is 1.91. The van der Waals surface area contributed by atoms with Gasteiger partial charge in [0.1, 0.15) is 11.3 Å². The van der Waals surface area contributed by atoms with E-state index in [1.54, 1.807) is 13.2 Å². The summed E-state index contributed by atoms with van der Waals surface area (Å²) in [6.07, 6.45) is 1.45. The number of urea groups is 1. The summed E-state index contributed by atoms with van der Waals surface area (Å²) in [5.74, 6) is -0.708. The number of ether oxygens (including phenoxy) is 1. The van der Waals surface area contributed by atoms with Crippen LogP contribution in [0.2, 0.25) is 0 Å². The van der Waals surface area contributed by atoms with Crippen molar-refractivity contribution in [2.45, 2.75) is 6.92 Å². The van der Waals surface area contributed by atoms with Crippen LogP contribution in [-0.2, 0) is 9.59 Å². The Morgan fingerprint density at radius 3 is 2.17 bits per heavy atom. The molecule has 0 atom stereocenters. The van der Waals surface area contributed by atoms with Crippen LogP contribution in [0.15, 0.2) is 42.0 Å². The molecule has 0 radical (unpaired) electrons. The third-order valence-electron chi connectivity index (χ3n) is 3.67. The summed E-state index contributed by atoms with van der Waals surface area (Å²) in [7, 11) is 1.59. The van der Waals surface area contributed by atoms with Crippen LogP contribution in [0.1, 0.15) is 11.4 Å². The van der Waals surface area contributed by atoms with Crippen LogP contribution in [0.3, 0.4) is 0 Å². The molecule has 24 heavy (non-hydrogen) atoms. The zero-order valence-corrected chi connectivity index (χ0v) is 13.1. The first-order valence-electron chi connectivity index (χ1n) is 7.20. The molecule has 122 valence electrons. The number of hydrogen-bond acceptors (Lipinski definition) is 4. The molecule has 1 saturated heterocycles. The van der Waals surface area contributed by atoms with Gasteiger partial charge in [-0.3, -0.25) is 20.2 Å². The first-order valence-corrected chi connectivity index (χ1v) is 7.20. The van der Waals surface area contributed by atoms with Gasteiger partial charge in [0.15, 0.2) is 0 Å². The topological polar surface area (TPSA) is 89.4 Å². The molecular weight excluding hydrogens is 310 g/mol. The minimum Gasteiger partial charge on any atom is -0.497 e. The van der Waals surface area contributed by atoms with Gasteiger partial charge in [-0.2, -0.15) is 0 Å².